The van der Waals surface area contributed by atoms with Crippen molar-refractivity contribution in [1.29, 1.82) is 0 Å². The first-order valence-corrected chi connectivity index (χ1v) is 5.34. The molecular weight excluding hydrogens is 234 g/mol. The summed E-state index contributed by atoms with van der Waals surface area (Å²) < 4.78 is 1.69. The standard InChI is InChI=1S/C12H11NO3.CH4O/c1-8(15)11-7-13(4-5-14)12-3-2-9(16)6-10(11)12;1-2/h2-3,5-7,16H,4H2,1H3;2H,1H3. The second kappa shape index (κ2) is 5.97. The molecule has 0 unspecified atom stereocenters. The number of ketones is 1. The average molecular weight is 249 g/mol. The Morgan fingerprint density at radius 1 is 1.39 bits per heavy atom. The monoisotopic (exact) mass is 249 g/mol. The van der Waals surface area contributed by atoms with Crippen molar-refractivity contribution in [1.82, 2.24) is 4.57 Å². The van der Waals surface area contributed by atoms with Gasteiger partial charge in [0.1, 0.15) is 12.0 Å². The number of hydrogen-bond donors (Lipinski definition) is 2. The van der Waals surface area contributed by atoms with E-state index in [1.165, 1.54) is 19.1 Å². The van der Waals surface area contributed by atoms with Crippen molar-refractivity contribution < 1.29 is 19.8 Å². The third-order valence-corrected chi connectivity index (χ3v) is 2.52. The Labute approximate surface area is 104 Å². The first-order valence-electron chi connectivity index (χ1n) is 5.34. The minimum absolute atomic E-state index is 0.0831. The van der Waals surface area contributed by atoms with Gasteiger partial charge in [0.2, 0.25) is 0 Å². The highest BCUT2D eigenvalue weighted by Gasteiger charge is 2.11. The summed E-state index contributed by atoms with van der Waals surface area (Å²) in [7, 11) is 1.00. The number of phenolic OH excluding ortho intramolecular Hbond substituents is 1. The fraction of sp³-hybridized carbons (Fsp3) is 0.231. The Morgan fingerprint density at radius 3 is 2.61 bits per heavy atom. The van der Waals surface area contributed by atoms with Gasteiger partial charge in [0.25, 0.3) is 0 Å². The Balaban J connectivity index is 0.000000771. The Morgan fingerprint density at radius 2 is 2.06 bits per heavy atom. The van der Waals surface area contributed by atoms with Crippen molar-refractivity contribution in [3.05, 3.63) is 30.0 Å². The lowest BCUT2D eigenvalue weighted by molar-refractivity contribution is -0.108. The Hall–Kier alpha value is -2.14. The van der Waals surface area contributed by atoms with E-state index in [2.05, 4.69) is 0 Å². The van der Waals surface area contributed by atoms with Crippen LogP contribution in [0.15, 0.2) is 24.4 Å². The van der Waals surface area contributed by atoms with Crippen LogP contribution in [0, 0.1) is 0 Å². The first kappa shape index (κ1) is 13.9. The van der Waals surface area contributed by atoms with Crippen LogP contribution >= 0.6 is 0 Å². The van der Waals surface area contributed by atoms with Crippen molar-refractivity contribution in [3.8, 4) is 5.75 Å². The van der Waals surface area contributed by atoms with Crippen molar-refractivity contribution in [2.75, 3.05) is 7.11 Å². The van der Waals surface area contributed by atoms with Crippen molar-refractivity contribution >= 4 is 23.0 Å². The zero-order valence-corrected chi connectivity index (χ0v) is 10.3. The van der Waals surface area contributed by atoms with E-state index >= 15 is 0 Å². The molecule has 0 atom stereocenters. The number of carbonyl (C=O) groups excluding carboxylic acids is 2. The van der Waals surface area contributed by atoms with Gasteiger partial charge in [-0.2, -0.15) is 0 Å². The minimum atomic E-state index is -0.0831. The second-order valence-corrected chi connectivity index (χ2v) is 3.62. The van der Waals surface area contributed by atoms with Gasteiger partial charge in [0, 0.05) is 29.8 Å². The molecule has 0 aliphatic rings. The van der Waals surface area contributed by atoms with E-state index in [1.54, 1.807) is 16.8 Å². The van der Waals surface area contributed by atoms with E-state index in [9.17, 15) is 14.7 Å². The highest BCUT2D eigenvalue weighted by Crippen LogP contribution is 2.25. The van der Waals surface area contributed by atoms with E-state index in [1.807, 2.05) is 0 Å². The minimum Gasteiger partial charge on any atom is -0.508 e. The summed E-state index contributed by atoms with van der Waals surface area (Å²) in [5, 5.41) is 17.1. The molecule has 2 rings (SSSR count). The van der Waals surface area contributed by atoms with E-state index in [0.717, 1.165) is 18.9 Å². The van der Waals surface area contributed by atoms with Crippen molar-refractivity contribution in [2.45, 2.75) is 13.5 Å². The molecule has 0 saturated heterocycles. The molecule has 96 valence electrons. The SMILES string of the molecule is CC(=O)c1cn(CC=O)c2ccc(O)cc12.CO. The number of hydrogen-bond acceptors (Lipinski definition) is 4. The normalized spacial score (nSPS) is 9.72. The summed E-state index contributed by atoms with van der Waals surface area (Å²) in [5.74, 6) is 0.0269. The van der Waals surface area contributed by atoms with Crippen LogP contribution in [0.4, 0.5) is 0 Å². The van der Waals surface area contributed by atoms with Gasteiger partial charge in [-0.25, -0.2) is 0 Å². The van der Waals surface area contributed by atoms with Crippen molar-refractivity contribution in [2.24, 2.45) is 0 Å². The number of rotatable bonds is 3. The maximum absolute atomic E-state index is 11.4. The van der Waals surface area contributed by atoms with E-state index in [4.69, 9.17) is 5.11 Å². The number of aliphatic hydroxyl groups excluding tert-OH is 1. The van der Waals surface area contributed by atoms with E-state index in [0.29, 0.717) is 10.9 Å². The number of benzene rings is 1. The number of fused-ring (bicyclic) bond motifs is 1. The van der Waals surface area contributed by atoms with Gasteiger partial charge in [0.05, 0.1) is 6.54 Å². The number of nitrogens with zero attached hydrogens (tertiary/aromatic N) is 1. The first-order chi connectivity index (χ1) is 8.63. The molecule has 0 fully saturated rings. The van der Waals surface area contributed by atoms with Gasteiger partial charge in [0.15, 0.2) is 5.78 Å². The van der Waals surface area contributed by atoms with Gasteiger partial charge < -0.3 is 19.6 Å². The summed E-state index contributed by atoms with van der Waals surface area (Å²) in [6.45, 7) is 1.67. The number of aromatic nitrogens is 1. The number of aliphatic hydroxyl groups is 1. The topological polar surface area (TPSA) is 79.5 Å². The number of aromatic hydroxyl groups is 1. The fourth-order valence-corrected chi connectivity index (χ4v) is 1.80. The Kier molecular flexibility index (Phi) is 4.62. The molecule has 2 aromatic rings. The van der Waals surface area contributed by atoms with Crippen LogP contribution < -0.4 is 0 Å². The van der Waals surface area contributed by atoms with Crippen LogP contribution in [-0.4, -0.2) is 34.0 Å². The molecule has 5 heteroatoms. The van der Waals surface area contributed by atoms with Crippen molar-refractivity contribution in [3.63, 3.8) is 0 Å². The molecule has 1 heterocycles. The smallest absolute Gasteiger partial charge is 0.161 e. The number of carbonyl (C=O) groups is 2. The zero-order valence-electron chi connectivity index (χ0n) is 10.3. The number of phenols is 1. The van der Waals surface area contributed by atoms with Crippen LogP contribution in [-0.2, 0) is 11.3 Å². The van der Waals surface area contributed by atoms with Crippen LogP contribution in [0.2, 0.25) is 0 Å². The van der Waals surface area contributed by atoms with Crippen LogP contribution in [0.25, 0.3) is 10.9 Å². The molecule has 0 aliphatic heterocycles. The van der Waals surface area contributed by atoms with Gasteiger partial charge >= 0.3 is 0 Å². The van der Waals surface area contributed by atoms with Gasteiger partial charge in [-0.15, -0.1) is 0 Å². The number of Topliss-reactive ketones (excluding diaryl/α,β-unsaturated/α-hetero) is 1. The molecule has 0 aliphatic carbocycles. The average Bonchev–Trinajstić information content (AvgIpc) is 2.71. The van der Waals surface area contributed by atoms with Crippen LogP contribution in [0.1, 0.15) is 17.3 Å². The lowest BCUT2D eigenvalue weighted by Gasteiger charge is -1.99. The molecule has 0 spiro atoms. The molecule has 1 aromatic heterocycles. The number of aldehydes is 1. The molecule has 0 saturated carbocycles. The van der Waals surface area contributed by atoms with Gasteiger partial charge in [-0.3, -0.25) is 4.79 Å². The second-order valence-electron chi connectivity index (χ2n) is 3.62. The third-order valence-electron chi connectivity index (χ3n) is 2.52. The highest BCUT2D eigenvalue weighted by molar-refractivity contribution is 6.07. The van der Waals surface area contributed by atoms with Crippen LogP contribution in [0.5, 0.6) is 5.75 Å². The molecule has 5 nitrogen and oxygen atoms in total. The molecule has 18 heavy (non-hydrogen) atoms. The predicted molar refractivity (Wildman–Crippen MR) is 67.8 cm³/mol. The van der Waals surface area contributed by atoms with Gasteiger partial charge in [-0.05, 0) is 25.1 Å². The largest absolute Gasteiger partial charge is 0.508 e. The maximum atomic E-state index is 11.4. The van der Waals surface area contributed by atoms with E-state index < -0.39 is 0 Å². The summed E-state index contributed by atoms with van der Waals surface area (Å²) in [5.41, 5.74) is 1.29. The van der Waals surface area contributed by atoms with Crippen LogP contribution in [0.3, 0.4) is 0 Å². The fourth-order valence-electron chi connectivity index (χ4n) is 1.80. The predicted octanol–water partition coefficient (Wildman–Crippen LogP) is 1.36. The lowest BCUT2D eigenvalue weighted by Crippen LogP contribution is -1.96. The zero-order chi connectivity index (χ0) is 13.7. The molecule has 2 N–H and O–H groups in total. The molecular formula is C13H15NO4. The lowest BCUT2D eigenvalue weighted by atomic mass is 10.1. The third kappa shape index (κ3) is 2.57. The summed E-state index contributed by atoms with van der Waals surface area (Å²) in [6.07, 6.45) is 2.41. The quantitative estimate of drug-likeness (QED) is 0.635. The maximum Gasteiger partial charge on any atom is 0.161 e. The Bertz CT molecular complexity index is 572. The summed E-state index contributed by atoms with van der Waals surface area (Å²) in [4.78, 5) is 21.9. The molecule has 0 radical (unpaired) electrons. The molecule has 0 bridgehead atoms. The van der Waals surface area contributed by atoms with Gasteiger partial charge in [-0.1, -0.05) is 0 Å². The highest BCUT2D eigenvalue weighted by atomic mass is 16.3. The summed E-state index contributed by atoms with van der Waals surface area (Å²) >= 11 is 0. The molecule has 1 aromatic carbocycles. The van der Waals surface area contributed by atoms with E-state index in [-0.39, 0.29) is 18.1 Å². The molecule has 0 amide bonds. The summed E-state index contributed by atoms with van der Waals surface area (Å²) in [6, 6.07) is 4.77.